The van der Waals surface area contributed by atoms with E-state index in [1.54, 1.807) is 18.0 Å². The maximum absolute atomic E-state index is 12.9. The Morgan fingerprint density at radius 1 is 1.13 bits per heavy atom. The van der Waals surface area contributed by atoms with Crippen molar-refractivity contribution in [3.8, 4) is 0 Å². The van der Waals surface area contributed by atoms with Crippen LogP contribution in [0.25, 0.3) is 0 Å². The molecule has 0 unspecified atom stereocenters. The minimum absolute atomic E-state index is 0.118. The van der Waals surface area contributed by atoms with Crippen LogP contribution in [-0.4, -0.2) is 62.0 Å². The van der Waals surface area contributed by atoms with Crippen LogP contribution in [0.1, 0.15) is 17.3 Å². The van der Waals surface area contributed by atoms with E-state index in [4.69, 9.17) is 11.6 Å². The number of amides is 2. The van der Waals surface area contributed by atoms with Crippen LogP contribution in [0, 0.1) is 5.92 Å². The highest BCUT2D eigenvalue weighted by atomic mass is 35.5. The zero-order valence-corrected chi connectivity index (χ0v) is 17.9. The van der Waals surface area contributed by atoms with Gasteiger partial charge in [0.1, 0.15) is 5.82 Å². The van der Waals surface area contributed by atoms with Crippen molar-refractivity contribution >= 4 is 44.9 Å². The van der Waals surface area contributed by atoms with Gasteiger partial charge in [-0.1, -0.05) is 24.6 Å². The molecule has 0 bridgehead atoms. The van der Waals surface area contributed by atoms with E-state index in [0.717, 1.165) is 10.1 Å². The highest BCUT2D eigenvalue weighted by molar-refractivity contribution is 7.94. The van der Waals surface area contributed by atoms with Gasteiger partial charge in [0.25, 0.3) is 5.91 Å². The molecule has 2 aromatic rings. The van der Waals surface area contributed by atoms with Gasteiger partial charge in [0.15, 0.2) is 0 Å². The van der Waals surface area contributed by atoms with Crippen molar-refractivity contribution in [1.29, 1.82) is 0 Å². The highest BCUT2D eigenvalue weighted by Gasteiger charge is 2.42. The first-order valence-corrected chi connectivity index (χ1v) is 11.6. The Morgan fingerprint density at radius 3 is 2.43 bits per heavy atom. The second-order valence-electron chi connectivity index (χ2n) is 7.41. The van der Waals surface area contributed by atoms with E-state index in [1.807, 2.05) is 18.2 Å². The standard InChI is InChI=1S/C20H21ClN4O4S/c1-14-13-30(28,29)25(19(14)26)15-5-6-16(17(21)12-15)20(27)24-10-8-23(9-11-24)18-4-2-3-7-22-18/h2-7,12,14H,8-11,13H2,1H3/t14-/m1/s1. The van der Waals surface area contributed by atoms with Crippen molar-refractivity contribution in [3.05, 3.63) is 53.2 Å². The van der Waals surface area contributed by atoms with Crippen LogP contribution in [0.5, 0.6) is 0 Å². The molecule has 158 valence electrons. The Bertz CT molecular complexity index is 1090. The van der Waals surface area contributed by atoms with Crippen LogP contribution in [0.4, 0.5) is 11.5 Å². The van der Waals surface area contributed by atoms with Crippen molar-refractivity contribution in [2.24, 2.45) is 5.92 Å². The number of hydrogen-bond acceptors (Lipinski definition) is 6. The molecule has 10 heteroatoms. The number of hydrogen-bond donors (Lipinski definition) is 0. The SMILES string of the molecule is C[C@@H]1CS(=O)(=O)N(c2ccc(C(=O)N3CCN(c4ccccn4)CC3)c(Cl)c2)C1=O. The third-order valence-corrected chi connectivity index (χ3v) is 7.50. The van der Waals surface area contributed by atoms with Crippen molar-refractivity contribution in [2.75, 3.05) is 41.1 Å². The summed E-state index contributed by atoms with van der Waals surface area (Å²) in [4.78, 5) is 33.4. The molecule has 2 aliphatic heterocycles. The number of aromatic nitrogens is 1. The zero-order valence-electron chi connectivity index (χ0n) is 16.4. The van der Waals surface area contributed by atoms with E-state index in [-0.39, 0.29) is 27.9 Å². The maximum atomic E-state index is 12.9. The number of rotatable bonds is 3. The number of nitrogens with zero attached hydrogens (tertiary/aromatic N) is 4. The van der Waals surface area contributed by atoms with Gasteiger partial charge in [-0.3, -0.25) is 9.59 Å². The maximum Gasteiger partial charge on any atom is 0.255 e. The molecular formula is C20H21ClN4O4S. The number of anilines is 2. The van der Waals surface area contributed by atoms with Gasteiger partial charge in [0.2, 0.25) is 15.9 Å². The van der Waals surface area contributed by atoms with Crippen LogP contribution in [0.15, 0.2) is 42.6 Å². The van der Waals surface area contributed by atoms with Gasteiger partial charge in [-0.25, -0.2) is 17.7 Å². The number of benzene rings is 1. The molecule has 0 radical (unpaired) electrons. The molecule has 3 heterocycles. The van der Waals surface area contributed by atoms with Crippen LogP contribution >= 0.6 is 11.6 Å². The van der Waals surface area contributed by atoms with Crippen molar-refractivity contribution in [1.82, 2.24) is 9.88 Å². The molecule has 2 aliphatic rings. The average Bonchev–Trinajstić information content (AvgIpc) is 2.94. The topological polar surface area (TPSA) is 90.9 Å². The summed E-state index contributed by atoms with van der Waals surface area (Å²) in [5, 5.41) is 0.118. The van der Waals surface area contributed by atoms with Gasteiger partial charge in [-0.05, 0) is 30.3 Å². The van der Waals surface area contributed by atoms with Crippen LogP contribution < -0.4 is 9.21 Å². The number of sulfonamides is 1. The number of carbonyl (C=O) groups excluding carboxylic acids is 2. The van der Waals surface area contributed by atoms with Crippen molar-refractivity contribution in [2.45, 2.75) is 6.92 Å². The first-order chi connectivity index (χ1) is 14.3. The molecule has 1 aromatic carbocycles. The fraction of sp³-hybridized carbons (Fsp3) is 0.350. The third-order valence-electron chi connectivity index (χ3n) is 5.32. The summed E-state index contributed by atoms with van der Waals surface area (Å²) >= 11 is 6.32. The second-order valence-corrected chi connectivity index (χ2v) is 9.68. The van der Waals surface area contributed by atoms with E-state index in [2.05, 4.69) is 9.88 Å². The summed E-state index contributed by atoms with van der Waals surface area (Å²) in [5.41, 5.74) is 0.440. The van der Waals surface area contributed by atoms with Gasteiger partial charge < -0.3 is 9.80 Å². The van der Waals surface area contributed by atoms with Gasteiger partial charge >= 0.3 is 0 Å². The number of carbonyl (C=O) groups is 2. The summed E-state index contributed by atoms with van der Waals surface area (Å²) in [6, 6.07) is 10.0. The summed E-state index contributed by atoms with van der Waals surface area (Å²) < 4.78 is 25.4. The molecule has 1 aromatic heterocycles. The molecule has 30 heavy (non-hydrogen) atoms. The summed E-state index contributed by atoms with van der Waals surface area (Å²) in [5.74, 6) is -0.680. The molecule has 0 N–H and O–H groups in total. The number of pyridine rings is 1. The lowest BCUT2D eigenvalue weighted by Gasteiger charge is -2.35. The molecule has 0 spiro atoms. The molecule has 2 amide bonds. The zero-order chi connectivity index (χ0) is 21.5. The molecule has 1 atom stereocenters. The summed E-state index contributed by atoms with van der Waals surface area (Å²) in [6.07, 6.45) is 1.74. The Labute approximate surface area is 180 Å². The largest absolute Gasteiger partial charge is 0.353 e. The fourth-order valence-electron chi connectivity index (χ4n) is 3.74. The lowest BCUT2D eigenvalue weighted by molar-refractivity contribution is -0.119. The molecule has 0 aliphatic carbocycles. The Kier molecular flexibility index (Phi) is 5.42. The third kappa shape index (κ3) is 3.75. The number of halogens is 1. The highest BCUT2D eigenvalue weighted by Crippen LogP contribution is 2.32. The Morgan fingerprint density at radius 2 is 1.87 bits per heavy atom. The minimum Gasteiger partial charge on any atom is -0.353 e. The summed E-state index contributed by atoms with van der Waals surface area (Å²) in [6.45, 7) is 3.91. The predicted octanol–water partition coefficient (Wildman–Crippen LogP) is 2.01. The lowest BCUT2D eigenvalue weighted by Crippen LogP contribution is -2.49. The lowest BCUT2D eigenvalue weighted by atomic mass is 10.1. The predicted molar refractivity (Wildman–Crippen MR) is 114 cm³/mol. The van der Waals surface area contributed by atoms with Crippen molar-refractivity contribution < 1.29 is 18.0 Å². The van der Waals surface area contributed by atoms with Gasteiger partial charge in [0.05, 0.1) is 27.9 Å². The van der Waals surface area contributed by atoms with Gasteiger partial charge in [-0.15, -0.1) is 0 Å². The van der Waals surface area contributed by atoms with Crippen LogP contribution in [-0.2, 0) is 14.8 Å². The van der Waals surface area contributed by atoms with E-state index in [0.29, 0.717) is 26.2 Å². The van der Waals surface area contributed by atoms with Crippen LogP contribution in [0.2, 0.25) is 5.02 Å². The summed E-state index contributed by atoms with van der Waals surface area (Å²) in [7, 11) is -3.72. The van der Waals surface area contributed by atoms with E-state index in [1.165, 1.54) is 18.2 Å². The van der Waals surface area contributed by atoms with E-state index >= 15 is 0 Å². The molecule has 2 saturated heterocycles. The smallest absolute Gasteiger partial charge is 0.255 e. The first kappa shape index (κ1) is 20.6. The van der Waals surface area contributed by atoms with Gasteiger partial charge in [0, 0.05) is 32.4 Å². The van der Waals surface area contributed by atoms with Crippen molar-refractivity contribution in [3.63, 3.8) is 0 Å². The van der Waals surface area contributed by atoms with E-state index in [9.17, 15) is 18.0 Å². The Balaban J connectivity index is 1.49. The molecule has 2 fully saturated rings. The van der Waals surface area contributed by atoms with E-state index < -0.39 is 21.8 Å². The normalized spacial score (nSPS) is 21.2. The molecular weight excluding hydrogens is 428 g/mol. The molecule has 4 rings (SSSR count). The van der Waals surface area contributed by atoms with Crippen LogP contribution in [0.3, 0.4) is 0 Å². The monoisotopic (exact) mass is 448 g/mol. The second kappa shape index (κ2) is 7.88. The molecule has 8 nitrogen and oxygen atoms in total. The average molecular weight is 449 g/mol. The minimum atomic E-state index is -3.72. The molecule has 0 saturated carbocycles. The fourth-order valence-corrected chi connectivity index (χ4v) is 5.81. The first-order valence-electron chi connectivity index (χ1n) is 9.59. The quantitative estimate of drug-likeness (QED) is 0.713. The number of piperazine rings is 1. The van der Waals surface area contributed by atoms with Gasteiger partial charge in [-0.2, -0.15) is 0 Å². The Hall–Kier alpha value is -2.65.